The van der Waals surface area contributed by atoms with Crippen molar-refractivity contribution in [2.24, 2.45) is 5.92 Å². The van der Waals surface area contributed by atoms with Crippen molar-refractivity contribution in [3.05, 3.63) is 35.9 Å². The summed E-state index contributed by atoms with van der Waals surface area (Å²) in [6, 6.07) is 8.33. The molecule has 0 aliphatic carbocycles. The maximum absolute atomic E-state index is 12.0. The highest BCUT2D eigenvalue weighted by Crippen LogP contribution is 2.11. The smallest absolute Gasteiger partial charge is 0.375 e. The van der Waals surface area contributed by atoms with Gasteiger partial charge in [0, 0.05) is 5.56 Å². The molecule has 1 aromatic carbocycles. The Morgan fingerprint density at radius 2 is 1.70 bits per heavy atom. The Labute approximate surface area is 116 Å². The van der Waals surface area contributed by atoms with Crippen LogP contribution in [0.25, 0.3) is 0 Å². The molecule has 20 heavy (non-hydrogen) atoms. The number of ether oxygens (including phenoxy) is 1. The van der Waals surface area contributed by atoms with Crippen molar-refractivity contribution in [1.29, 1.82) is 0 Å². The van der Waals surface area contributed by atoms with E-state index in [1.165, 1.54) is 6.92 Å². The molecule has 1 rings (SSSR count). The lowest BCUT2D eigenvalue weighted by molar-refractivity contribution is -0.154. The summed E-state index contributed by atoms with van der Waals surface area (Å²) in [6.07, 6.45) is -0.613. The average Bonchev–Trinajstić information content (AvgIpc) is 2.46. The molecule has 5 nitrogen and oxygen atoms in total. The van der Waals surface area contributed by atoms with Crippen LogP contribution in [0.3, 0.4) is 0 Å². The van der Waals surface area contributed by atoms with E-state index in [-0.39, 0.29) is 12.4 Å². The summed E-state index contributed by atoms with van der Waals surface area (Å²) in [5.41, 5.74) is 0.400. The summed E-state index contributed by atoms with van der Waals surface area (Å²) < 4.78 is 4.50. The molecule has 0 bridgehead atoms. The molecule has 1 aromatic rings. The molecule has 1 unspecified atom stereocenters. The van der Waals surface area contributed by atoms with Crippen molar-refractivity contribution in [3.63, 3.8) is 0 Å². The lowest BCUT2D eigenvalue weighted by Gasteiger charge is -2.08. The summed E-state index contributed by atoms with van der Waals surface area (Å²) in [4.78, 5) is 46.4. The average molecular weight is 276 g/mol. The van der Waals surface area contributed by atoms with Crippen LogP contribution in [-0.2, 0) is 19.1 Å². The van der Waals surface area contributed by atoms with Crippen molar-refractivity contribution in [3.8, 4) is 0 Å². The molecule has 1 atom stereocenters. The van der Waals surface area contributed by atoms with E-state index in [2.05, 4.69) is 4.74 Å². The number of esters is 1. The van der Waals surface area contributed by atoms with E-state index in [1.54, 1.807) is 37.3 Å². The molecule has 0 amide bonds. The highest BCUT2D eigenvalue weighted by molar-refractivity contribution is 6.37. The summed E-state index contributed by atoms with van der Waals surface area (Å²) in [5.74, 6) is -3.88. The summed E-state index contributed by atoms with van der Waals surface area (Å²) >= 11 is 0. The Balaban J connectivity index is 2.66. The first-order valence-corrected chi connectivity index (χ1v) is 6.29. The minimum Gasteiger partial charge on any atom is -0.460 e. The first-order valence-electron chi connectivity index (χ1n) is 6.29. The monoisotopic (exact) mass is 276 g/mol. The predicted octanol–water partition coefficient (Wildman–Crippen LogP) is 1.60. The molecule has 0 fully saturated rings. The third-order valence-corrected chi connectivity index (χ3v) is 2.77. The second-order valence-corrected chi connectivity index (χ2v) is 4.24. The SMILES string of the molecule is CCOC(=O)C(=O)CC(=O)C(C)C(=O)c1ccccc1. The van der Waals surface area contributed by atoms with E-state index in [0.29, 0.717) is 5.56 Å². The fraction of sp³-hybridized carbons (Fsp3) is 0.333. The molecule has 0 aliphatic heterocycles. The summed E-state index contributed by atoms with van der Waals surface area (Å²) in [7, 11) is 0. The van der Waals surface area contributed by atoms with Gasteiger partial charge in [0.1, 0.15) is 0 Å². The van der Waals surface area contributed by atoms with Gasteiger partial charge in [0.15, 0.2) is 11.6 Å². The quantitative estimate of drug-likeness (QED) is 0.327. The van der Waals surface area contributed by atoms with Crippen molar-refractivity contribution >= 4 is 23.3 Å². The number of carbonyl (C=O) groups is 4. The van der Waals surface area contributed by atoms with Crippen LogP contribution in [0.2, 0.25) is 0 Å². The number of carbonyl (C=O) groups excluding carboxylic acids is 4. The summed E-state index contributed by atoms with van der Waals surface area (Å²) in [5, 5.41) is 0. The molecular formula is C15H16O5. The number of rotatable bonds is 7. The van der Waals surface area contributed by atoms with Crippen molar-refractivity contribution < 1.29 is 23.9 Å². The topological polar surface area (TPSA) is 77.5 Å². The van der Waals surface area contributed by atoms with Gasteiger partial charge in [-0.05, 0) is 13.8 Å². The number of benzene rings is 1. The highest BCUT2D eigenvalue weighted by Gasteiger charge is 2.27. The van der Waals surface area contributed by atoms with E-state index in [0.717, 1.165) is 0 Å². The van der Waals surface area contributed by atoms with Gasteiger partial charge in [-0.3, -0.25) is 14.4 Å². The van der Waals surface area contributed by atoms with Crippen LogP contribution in [0.4, 0.5) is 0 Å². The highest BCUT2D eigenvalue weighted by atomic mass is 16.5. The van der Waals surface area contributed by atoms with Gasteiger partial charge < -0.3 is 4.74 Å². The van der Waals surface area contributed by atoms with Crippen LogP contribution in [0.15, 0.2) is 30.3 Å². The second kappa shape index (κ2) is 7.33. The van der Waals surface area contributed by atoms with Crippen LogP contribution in [-0.4, -0.2) is 29.9 Å². The third kappa shape index (κ3) is 4.12. The molecule has 0 heterocycles. The van der Waals surface area contributed by atoms with Gasteiger partial charge in [-0.2, -0.15) is 0 Å². The van der Waals surface area contributed by atoms with Crippen LogP contribution in [0.1, 0.15) is 30.6 Å². The third-order valence-electron chi connectivity index (χ3n) is 2.77. The zero-order valence-corrected chi connectivity index (χ0v) is 11.4. The zero-order chi connectivity index (χ0) is 15.1. The maximum atomic E-state index is 12.0. The molecule has 0 saturated heterocycles. The molecule has 0 spiro atoms. The van der Waals surface area contributed by atoms with Crippen molar-refractivity contribution in [2.45, 2.75) is 20.3 Å². The first-order chi connectivity index (χ1) is 9.47. The lowest BCUT2D eigenvalue weighted by atomic mass is 9.93. The maximum Gasteiger partial charge on any atom is 0.375 e. The zero-order valence-electron chi connectivity index (χ0n) is 11.4. The Bertz CT molecular complexity index is 518. The molecule has 0 N–H and O–H groups in total. The molecule has 5 heteroatoms. The second-order valence-electron chi connectivity index (χ2n) is 4.24. The van der Waals surface area contributed by atoms with Crippen LogP contribution in [0.5, 0.6) is 0 Å². The fourth-order valence-corrected chi connectivity index (χ4v) is 1.59. The van der Waals surface area contributed by atoms with Gasteiger partial charge in [0.25, 0.3) is 0 Å². The lowest BCUT2D eigenvalue weighted by Crippen LogP contribution is -2.27. The normalized spacial score (nSPS) is 11.5. The van der Waals surface area contributed by atoms with Gasteiger partial charge in [-0.1, -0.05) is 30.3 Å². The molecule has 106 valence electrons. The Morgan fingerprint density at radius 1 is 1.10 bits per heavy atom. The number of ketones is 3. The van der Waals surface area contributed by atoms with E-state index in [1.807, 2.05) is 0 Å². The van der Waals surface area contributed by atoms with Crippen LogP contribution < -0.4 is 0 Å². The Morgan fingerprint density at radius 3 is 2.25 bits per heavy atom. The molecular weight excluding hydrogens is 260 g/mol. The fourth-order valence-electron chi connectivity index (χ4n) is 1.59. The van der Waals surface area contributed by atoms with E-state index in [9.17, 15) is 19.2 Å². The Kier molecular flexibility index (Phi) is 5.77. The van der Waals surface area contributed by atoms with E-state index < -0.39 is 29.9 Å². The van der Waals surface area contributed by atoms with Crippen LogP contribution >= 0.6 is 0 Å². The molecule has 0 radical (unpaired) electrons. The standard InChI is InChI=1S/C15H16O5/c1-3-20-15(19)13(17)9-12(16)10(2)14(18)11-7-5-4-6-8-11/h4-8,10H,3,9H2,1-2H3. The minimum absolute atomic E-state index is 0.0667. The van der Waals surface area contributed by atoms with E-state index in [4.69, 9.17) is 0 Å². The summed E-state index contributed by atoms with van der Waals surface area (Å²) in [6.45, 7) is 3.06. The van der Waals surface area contributed by atoms with E-state index >= 15 is 0 Å². The van der Waals surface area contributed by atoms with Gasteiger partial charge in [0.2, 0.25) is 5.78 Å². The van der Waals surface area contributed by atoms with Crippen molar-refractivity contribution in [2.75, 3.05) is 6.61 Å². The Hall–Kier alpha value is -2.30. The predicted molar refractivity (Wildman–Crippen MR) is 71.2 cm³/mol. The number of hydrogen-bond donors (Lipinski definition) is 0. The van der Waals surface area contributed by atoms with Gasteiger partial charge in [-0.15, -0.1) is 0 Å². The molecule has 0 aliphatic rings. The van der Waals surface area contributed by atoms with Gasteiger partial charge in [-0.25, -0.2) is 4.79 Å². The first kappa shape index (κ1) is 15.8. The minimum atomic E-state index is -1.04. The van der Waals surface area contributed by atoms with Gasteiger partial charge in [0.05, 0.1) is 18.9 Å². The van der Waals surface area contributed by atoms with Crippen molar-refractivity contribution in [1.82, 2.24) is 0 Å². The molecule has 0 aromatic heterocycles. The number of Topliss-reactive ketones (excluding diaryl/α,β-unsaturated/α-hetero) is 3. The number of hydrogen-bond acceptors (Lipinski definition) is 5. The largest absolute Gasteiger partial charge is 0.460 e. The van der Waals surface area contributed by atoms with Gasteiger partial charge >= 0.3 is 5.97 Å². The van der Waals surface area contributed by atoms with Crippen LogP contribution in [0, 0.1) is 5.92 Å². The molecule has 0 saturated carbocycles.